The molecular formula is C29H27F2N5O3. The summed E-state index contributed by atoms with van der Waals surface area (Å²) in [6, 6.07) is 13.6. The van der Waals surface area contributed by atoms with E-state index < -0.39 is 23.8 Å². The van der Waals surface area contributed by atoms with Crippen LogP contribution in [0.5, 0.6) is 5.75 Å². The molecule has 0 bridgehead atoms. The number of likely N-dealkylation sites (N-methyl/N-ethyl adjacent to an activating group) is 1. The molecule has 2 aliphatic rings. The first-order valence-electron chi connectivity index (χ1n) is 12.7. The zero-order chi connectivity index (χ0) is 27.3. The second kappa shape index (κ2) is 9.79. The summed E-state index contributed by atoms with van der Waals surface area (Å²) >= 11 is 0. The van der Waals surface area contributed by atoms with Gasteiger partial charge in [0, 0.05) is 30.3 Å². The Balaban J connectivity index is 1.50. The molecule has 200 valence electrons. The number of carbonyl (C=O) groups is 1. The van der Waals surface area contributed by atoms with Gasteiger partial charge < -0.3 is 25.0 Å². The standard InChI is InChI=1S/C29H27F2N5O3/c1-35-10-9-25(26(37)14-35)36-24-8-5-16(12-23(24)33-29(36)34-28(32)38)11-20-18-3-2-4-22(31)21(18)15-39-27-13-17(30)6-7-19(20)27/h2-8,11-13,25-26,37H,9-10,14-15H2,1H3,(H3,32,33,34,38)/t25-,26-/m0/s1. The van der Waals surface area contributed by atoms with Gasteiger partial charge in [-0.1, -0.05) is 18.2 Å². The molecule has 2 atom stereocenters. The van der Waals surface area contributed by atoms with E-state index in [0.717, 1.165) is 17.6 Å². The molecule has 4 aromatic rings. The smallest absolute Gasteiger partial charge is 0.318 e. The van der Waals surface area contributed by atoms with Crippen LogP contribution in [-0.2, 0) is 6.61 Å². The lowest BCUT2D eigenvalue weighted by atomic mass is 9.92. The van der Waals surface area contributed by atoms with Gasteiger partial charge in [0.05, 0.1) is 23.2 Å². The van der Waals surface area contributed by atoms with Gasteiger partial charge in [0.1, 0.15) is 24.0 Å². The molecule has 1 saturated heterocycles. The summed E-state index contributed by atoms with van der Waals surface area (Å²) in [7, 11) is 1.95. The number of benzene rings is 3. The van der Waals surface area contributed by atoms with E-state index in [4.69, 9.17) is 10.5 Å². The van der Waals surface area contributed by atoms with Gasteiger partial charge in [-0.05, 0) is 66.6 Å². The van der Waals surface area contributed by atoms with Crippen LogP contribution in [0.4, 0.5) is 19.5 Å². The van der Waals surface area contributed by atoms with Crippen molar-refractivity contribution in [3.8, 4) is 5.75 Å². The Kier molecular flexibility index (Phi) is 6.28. The first-order valence-corrected chi connectivity index (χ1v) is 12.7. The Hall–Kier alpha value is -4.28. The number of nitrogens with two attached hydrogens (primary N) is 1. The monoisotopic (exact) mass is 531 g/mol. The Labute approximate surface area is 223 Å². The minimum Gasteiger partial charge on any atom is -0.488 e. The average molecular weight is 532 g/mol. The summed E-state index contributed by atoms with van der Waals surface area (Å²) < 4.78 is 36.5. The van der Waals surface area contributed by atoms with Gasteiger partial charge in [-0.3, -0.25) is 5.32 Å². The summed E-state index contributed by atoms with van der Waals surface area (Å²) in [5.74, 6) is -0.268. The van der Waals surface area contributed by atoms with Gasteiger partial charge in [-0.25, -0.2) is 18.6 Å². The lowest BCUT2D eigenvalue weighted by Crippen LogP contribution is -2.43. The number of anilines is 1. The van der Waals surface area contributed by atoms with Crippen molar-refractivity contribution in [3.05, 3.63) is 88.5 Å². The van der Waals surface area contributed by atoms with Crippen molar-refractivity contribution < 1.29 is 23.4 Å². The molecule has 0 aliphatic carbocycles. The molecule has 10 heteroatoms. The summed E-state index contributed by atoms with van der Waals surface area (Å²) in [6.45, 7) is 1.24. The van der Waals surface area contributed by atoms with Crippen molar-refractivity contribution >= 4 is 34.7 Å². The van der Waals surface area contributed by atoms with E-state index in [0.29, 0.717) is 46.5 Å². The van der Waals surface area contributed by atoms with E-state index in [1.807, 2.05) is 46.9 Å². The number of piperidine rings is 1. The molecule has 2 aliphatic heterocycles. The number of fused-ring (bicyclic) bond motifs is 3. The molecule has 4 N–H and O–H groups in total. The van der Waals surface area contributed by atoms with E-state index in [-0.39, 0.29) is 18.6 Å². The zero-order valence-electron chi connectivity index (χ0n) is 21.2. The minimum atomic E-state index is -0.753. The molecule has 3 aromatic carbocycles. The van der Waals surface area contributed by atoms with Crippen LogP contribution in [0.2, 0.25) is 0 Å². The summed E-state index contributed by atoms with van der Waals surface area (Å²) in [5, 5.41) is 13.4. The van der Waals surface area contributed by atoms with Crippen molar-refractivity contribution in [2.75, 3.05) is 25.5 Å². The number of aliphatic hydroxyl groups is 1. The molecule has 0 unspecified atom stereocenters. The van der Waals surface area contributed by atoms with Crippen LogP contribution in [0.15, 0.2) is 54.6 Å². The highest BCUT2D eigenvalue weighted by Crippen LogP contribution is 2.39. The number of aliphatic hydroxyl groups excluding tert-OH is 1. The van der Waals surface area contributed by atoms with Crippen LogP contribution in [0.1, 0.15) is 34.7 Å². The predicted molar refractivity (Wildman–Crippen MR) is 144 cm³/mol. The lowest BCUT2D eigenvalue weighted by molar-refractivity contribution is 0.0403. The third-order valence-electron chi connectivity index (χ3n) is 7.36. The van der Waals surface area contributed by atoms with E-state index in [1.165, 1.54) is 18.2 Å². The lowest BCUT2D eigenvalue weighted by Gasteiger charge is -2.35. The molecule has 39 heavy (non-hydrogen) atoms. The number of primary amides is 1. The van der Waals surface area contributed by atoms with Crippen LogP contribution >= 0.6 is 0 Å². The number of imidazole rings is 1. The molecule has 3 heterocycles. The van der Waals surface area contributed by atoms with Gasteiger partial charge in [0.2, 0.25) is 5.95 Å². The number of nitrogens with zero attached hydrogens (tertiary/aromatic N) is 3. The van der Waals surface area contributed by atoms with Gasteiger partial charge in [-0.2, -0.15) is 0 Å². The van der Waals surface area contributed by atoms with Gasteiger partial charge in [0.15, 0.2) is 0 Å². The zero-order valence-corrected chi connectivity index (χ0v) is 21.2. The topological polar surface area (TPSA) is 106 Å². The molecule has 8 nitrogen and oxygen atoms in total. The van der Waals surface area contributed by atoms with Crippen molar-refractivity contribution in [1.82, 2.24) is 14.5 Å². The predicted octanol–water partition coefficient (Wildman–Crippen LogP) is 4.52. The highest BCUT2D eigenvalue weighted by atomic mass is 19.1. The van der Waals surface area contributed by atoms with Crippen LogP contribution in [0.3, 0.4) is 0 Å². The number of hydrogen-bond acceptors (Lipinski definition) is 5. The van der Waals surface area contributed by atoms with Gasteiger partial charge in [-0.15, -0.1) is 0 Å². The second-order valence-corrected chi connectivity index (χ2v) is 9.98. The van der Waals surface area contributed by atoms with Crippen LogP contribution < -0.4 is 15.8 Å². The number of hydrogen-bond donors (Lipinski definition) is 3. The summed E-state index contributed by atoms with van der Waals surface area (Å²) in [5.41, 5.74) is 9.85. The maximum Gasteiger partial charge on any atom is 0.318 e. The summed E-state index contributed by atoms with van der Waals surface area (Å²) in [4.78, 5) is 18.4. The van der Waals surface area contributed by atoms with Gasteiger partial charge in [0.25, 0.3) is 0 Å². The Morgan fingerprint density at radius 3 is 2.82 bits per heavy atom. The number of rotatable bonds is 3. The number of ether oxygens (including phenoxy) is 1. The van der Waals surface area contributed by atoms with Crippen molar-refractivity contribution in [3.63, 3.8) is 0 Å². The largest absolute Gasteiger partial charge is 0.488 e. The molecule has 2 amide bonds. The maximum absolute atomic E-state index is 14.8. The van der Waals surface area contributed by atoms with Crippen LogP contribution in [0.25, 0.3) is 22.7 Å². The average Bonchev–Trinajstić information content (AvgIpc) is 3.14. The molecule has 1 aromatic heterocycles. The minimum absolute atomic E-state index is 0.0275. The quantitative estimate of drug-likeness (QED) is 0.361. The number of urea groups is 1. The van der Waals surface area contributed by atoms with E-state index in [2.05, 4.69) is 10.3 Å². The molecule has 6 rings (SSSR count). The maximum atomic E-state index is 14.8. The Morgan fingerprint density at radius 1 is 1.18 bits per heavy atom. The fourth-order valence-corrected chi connectivity index (χ4v) is 5.53. The second-order valence-electron chi connectivity index (χ2n) is 9.98. The molecule has 0 saturated carbocycles. The number of β-amino-alcohol motifs (C(OH)–C–C–N with tert-alkyl or cyclic N) is 1. The first kappa shape index (κ1) is 25.0. The highest BCUT2D eigenvalue weighted by Gasteiger charge is 2.31. The Bertz CT molecular complexity index is 1630. The number of carbonyl (C=O) groups excluding carboxylic acids is 1. The van der Waals surface area contributed by atoms with Crippen molar-refractivity contribution in [2.24, 2.45) is 5.73 Å². The van der Waals surface area contributed by atoms with E-state index in [9.17, 15) is 18.7 Å². The third kappa shape index (κ3) is 4.62. The molecule has 1 fully saturated rings. The number of nitrogens with one attached hydrogen (secondary N) is 1. The van der Waals surface area contributed by atoms with Gasteiger partial charge >= 0.3 is 6.03 Å². The SMILES string of the molecule is CN1CC[C@H](n2c(NC(N)=O)nc3cc(C=C4c5ccc(F)cc5OCc5c(F)cccc54)ccc32)[C@@H](O)C1. The molecule has 0 spiro atoms. The number of aromatic nitrogens is 2. The van der Waals surface area contributed by atoms with E-state index >= 15 is 0 Å². The molecular weight excluding hydrogens is 504 g/mol. The number of halogens is 2. The van der Waals surface area contributed by atoms with E-state index in [1.54, 1.807) is 12.1 Å². The molecule has 0 radical (unpaired) electrons. The van der Waals surface area contributed by atoms with Crippen molar-refractivity contribution in [2.45, 2.75) is 25.2 Å². The van der Waals surface area contributed by atoms with Crippen LogP contribution in [0, 0.1) is 11.6 Å². The third-order valence-corrected chi connectivity index (χ3v) is 7.36. The Morgan fingerprint density at radius 2 is 2.03 bits per heavy atom. The van der Waals surface area contributed by atoms with Crippen LogP contribution in [-0.4, -0.2) is 51.8 Å². The number of likely N-dealkylation sites (tertiary alicyclic amines) is 1. The first-order chi connectivity index (χ1) is 18.8. The summed E-state index contributed by atoms with van der Waals surface area (Å²) in [6.07, 6.45) is 1.89. The number of amides is 2. The van der Waals surface area contributed by atoms with Crippen molar-refractivity contribution in [1.29, 1.82) is 0 Å². The highest BCUT2D eigenvalue weighted by molar-refractivity contribution is 5.96. The fraction of sp³-hybridized carbons (Fsp3) is 0.241. The normalized spacial score (nSPS) is 20.3. The fourth-order valence-electron chi connectivity index (χ4n) is 5.53.